The number of carbonyl (C=O) groups excluding carboxylic acids is 3. The molecule has 2 heterocycles. The summed E-state index contributed by atoms with van der Waals surface area (Å²) in [7, 11) is 0. The number of ether oxygens (including phenoxy) is 2. The van der Waals surface area contributed by atoms with Crippen LogP contribution in [-0.4, -0.2) is 35.4 Å². The van der Waals surface area contributed by atoms with E-state index in [9.17, 15) is 14.4 Å². The van der Waals surface area contributed by atoms with Gasteiger partial charge < -0.3 is 14.8 Å². The third-order valence-electron chi connectivity index (χ3n) is 3.64. The molecular weight excluding hydrogens is 344 g/mol. The first-order valence-corrected chi connectivity index (χ1v) is 8.42. The van der Waals surface area contributed by atoms with Gasteiger partial charge in [0, 0.05) is 5.56 Å². The number of ketones is 1. The minimum Gasteiger partial charge on any atom is -0.482 e. The average Bonchev–Trinajstić information content (AvgIpc) is 2.91. The van der Waals surface area contributed by atoms with Gasteiger partial charge in [0.15, 0.2) is 12.7 Å². The van der Waals surface area contributed by atoms with E-state index in [4.69, 9.17) is 9.47 Å². The van der Waals surface area contributed by atoms with Gasteiger partial charge in [0.25, 0.3) is 5.91 Å². The Morgan fingerprint density at radius 3 is 2.80 bits per heavy atom. The second kappa shape index (κ2) is 6.64. The number of aromatic nitrogens is 1. The summed E-state index contributed by atoms with van der Waals surface area (Å²) in [6, 6.07) is 4.69. The van der Waals surface area contributed by atoms with Crippen LogP contribution in [0.3, 0.4) is 0 Å². The van der Waals surface area contributed by atoms with Crippen molar-refractivity contribution in [2.45, 2.75) is 26.9 Å². The van der Waals surface area contributed by atoms with Crippen molar-refractivity contribution >= 4 is 34.7 Å². The maximum absolute atomic E-state index is 12.5. The zero-order valence-corrected chi connectivity index (χ0v) is 14.7. The minimum absolute atomic E-state index is 0.0536. The van der Waals surface area contributed by atoms with E-state index in [0.717, 1.165) is 5.01 Å². The molecule has 1 N–H and O–H groups in total. The lowest BCUT2D eigenvalue weighted by atomic mass is 10.1. The molecule has 0 aliphatic carbocycles. The normalized spacial score (nSPS) is 14.1. The van der Waals surface area contributed by atoms with Crippen LogP contribution in [0.15, 0.2) is 18.2 Å². The fourth-order valence-corrected chi connectivity index (χ4v) is 3.26. The van der Waals surface area contributed by atoms with Crippen molar-refractivity contribution in [3.8, 4) is 5.75 Å². The van der Waals surface area contributed by atoms with Gasteiger partial charge in [-0.05, 0) is 39.0 Å². The highest BCUT2D eigenvalue weighted by atomic mass is 32.1. The second-order valence-electron chi connectivity index (χ2n) is 5.61. The third-order valence-corrected chi connectivity index (χ3v) is 4.69. The Hall–Kier alpha value is -2.74. The molecule has 1 aliphatic rings. The summed E-state index contributed by atoms with van der Waals surface area (Å²) < 4.78 is 10.5. The number of carbonyl (C=O) groups is 3. The third kappa shape index (κ3) is 3.53. The van der Waals surface area contributed by atoms with Crippen LogP contribution < -0.4 is 10.1 Å². The van der Waals surface area contributed by atoms with Crippen molar-refractivity contribution in [2.75, 3.05) is 11.9 Å². The molecule has 1 atom stereocenters. The standard InChI is InChI=1S/C17H16N2O5S/c1-8-16(25-10(3)18-8)17(22)24-9(2)15(21)11-4-5-13-12(6-11)19-14(20)7-23-13/h4-6,9H,7H2,1-3H3,(H,19,20)/t9-/m0/s1. The molecule has 25 heavy (non-hydrogen) atoms. The fourth-order valence-electron chi connectivity index (χ4n) is 2.46. The molecule has 1 amide bonds. The Morgan fingerprint density at radius 1 is 1.36 bits per heavy atom. The minimum atomic E-state index is -0.965. The highest BCUT2D eigenvalue weighted by Gasteiger charge is 2.25. The van der Waals surface area contributed by atoms with Crippen molar-refractivity contribution in [3.63, 3.8) is 0 Å². The Morgan fingerprint density at radius 2 is 2.12 bits per heavy atom. The monoisotopic (exact) mass is 360 g/mol. The Kier molecular flexibility index (Phi) is 4.54. The van der Waals surface area contributed by atoms with Crippen molar-refractivity contribution in [1.29, 1.82) is 0 Å². The highest BCUT2D eigenvalue weighted by molar-refractivity contribution is 7.13. The SMILES string of the molecule is Cc1nc(C)c(C(=O)O[C@@H](C)C(=O)c2ccc3c(c2)NC(=O)CO3)s1. The second-order valence-corrected chi connectivity index (χ2v) is 6.81. The molecular formula is C17H16N2O5S. The zero-order chi connectivity index (χ0) is 18.1. The van der Waals surface area contributed by atoms with Crippen molar-refractivity contribution in [3.05, 3.63) is 39.3 Å². The summed E-state index contributed by atoms with van der Waals surface area (Å²) in [4.78, 5) is 40.7. The molecule has 7 nitrogen and oxygen atoms in total. The summed E-state index contributed by atoms with van der Waals surface area (Å²) in [6.45, 7) is 4.98. The molecule has 0 saturated carbocycles. The molecule has 0 radical (unpaired) electrons. The summed E-state index contributed by atoms with van der Waals surface area (Å²) in [6.07, 6.45) is -0.965. The number of rotatable bonds is 4. The molecule has 1 aliphatic heterocycles. The summed E-state index contributed by atoms with van der Waals surface area (Å²) in [5, 5.41) is 3.40. The number of amides is 1. The van der Waals surface area contributed by atoms with Gasteiger partial charge >= 0.3 is 5.97 Å². The quantitative estimate of drug-likeness (QED) is 0.665. The number of benzene rings is 1. The number of anilines is 1. The van der Waals surface area contributed by atoms with Crippen LogP contribution in [0.2, 0.25) is 0 Å². The fraction of sp³-hybridized carbons (Fsp3) is 0.294. The maximum atomic E-state index is 12.5. The maximum Gasteiger partial charge on any atom is 0.350 e. The molecule has 1 aromatic carbocycles. The predicted octanol–water partition coefficient (Wildman–Crippen LogP) is 2.52. The molecule has 0 unspecified atom stereocenters. The molecule has 0 spiro atoms. The van der Waals surface area contributed by atoms with Crippen LogP contribution in [0.25, 0.3) is 0 Å². The average molecular weight is 360 g/mol. The topological polar surface area (TPSA) is 94.6 Å². The Bertz CT molecular complexity index is 874. The summed E-state index contributed by atoms with van der Waals surface area (Å²) >= 11 is 1.23. The van der Waals surface area contributed by atoms with Gasteiger partial charge in [0.05, 0.1) is 16.4 Å². The number of aryl methyl sites for hydroxylation is 2. The first kappa shape index (κ1) is 17.1. The van der Waals surface area contributed by atoms with Crippen LogP contribution in [0, 0.1) is 13.8 Å². The van der Waals surface area contributed by atoms with Gasteiger partial charge in [-0.15, -0.1) is 11.3 Å². The molecule has 8 heteroatoms. The number of hydrogen-bond acceptors (Lipinski definition) is 7. The van der Waals surface area contributed by atoms with E-state index >= 15 is 0 Å². The number of hydrogen-bond donors (Lipinski definition) is 1. The van der Waals surface area contributed by atoms with Gasteiger partial charge in [-0.25, -0.2) is 9.78 Å². The highest BCUT2D eigenvalue weighted by Crippen LogP contribution is 2.29. The van der Waals surface area contributed by atoms with Crippen LogP contribution in [0.4, 0.5) is 5.69 Å². The molecule has 0 bridgehead atoms. The number of esters is 1. The largest absolute Gasteiger partial charge is 0.482 e. The predicted molar refractivity (Wildman–Crippen MR) is 91.4 cm³/mol. The van der Waals surface area contributed by atoms with E-state index in [1.165, 1.54) is 24.3 Å². The van der Waals surface area contributed by atoms with E-state index in [1.54, 1.807) is 26.0 Å². The molecule has 130 valence electrons. The molecule has 0 fully saturated rings. The van der Waals surface area contributed by atoms with Crippen molar-refractivity contribution in [2.24, 2.45) is 0 Å². The first-order chi connectivity index (χ1) is 11.8. The Labute approximate surface area is 148 Å². The van der Waals surface area contributed by atoms with E-state index in [2.05, 4.69) is 10.3 Å². The number of Topliss-reactive ketones (excluding diaryl/α,β-unsaturated/α-hetero) is 1. The van der Waals surface area contributed by atoms with Crippen molar-refractivity contribution in [1.82, 2.24) is 4.98 Å². The van der Waals surface area contributed by atoms with Crippen LogP contribution in [0.1, 0.15) is 37.7 Å². The van der Waals surface area contributed by atoms with Gasteiger partial charge in [-0.2, -0.15) is 0 Å². The van der Waals surface area contributed by atoms with Gasteiger partial charge in [-0.1, -0.05) is 0 Å². The lowest BCUT2D eigenvalue weighted by molar-refractivity contribution is -0.118. The van der Waals surface area contributed by atoms with E-state index in [0.29, 0.717) is 27.6 Å². The van der Waals surface area contributed by atoms with Gasteiger partial charge in [0.2, 0.25) is 5.78 Å². The first-order valence-electron chi connectivity index (χ1n) is 7.61. The Balaban J connectivity index is 1.74. The summed E-state index contributed by atoms with van der Waals surface area (Å²) in [5.74, 6) is -0.724. The van der Waals surface area contributed by atoms with Gasteiger partial charge in [-0.3, -0.25) is 9.59 Å². The number of nitrogens with one attached hydrogen (secondary N) is 1. The number of fused-ring (bicyclic) bond motifs is 1. The summed E-state index contributed by atoms with van der Waals surface area (Å²) in [5.41, 5.74) is 1.33. The van der Waals surface area contributed by atoms with E-state index < -0.39 is 12.1 Å². The van der Waals surface area contributed by atoms with E-state index in [-0.39, 0.29) is 18.3 Å². The van der Waals surface area contributed by atoms with Crippen molar-refractivity contribution < 1.29 is 23.9 Å². The van der Waals surface area contributed by atoms with Crippen LogP contribution >= 0.6 is 11.3 Å². The number of nitrogens with zero attached hydrogens (tertiary/aromatic N) is 1. The molecule has 0 saturated heterocycles. The molecule has 2 aromatic rings. The number of thiazole rings is 1. The lowest BCUT2D eigenvalue weighted by Gasteiger charge is -2.19. The molecule has 3 rings (SSSR count). The smallest absolute Gasteiger partial charge is 0.350 e. The van der Waals surface area contributed by atoms with Crippen LogP contribution in [-0.2, 0) is 9.53 Å². The van der Waals surface area contributed by atoms with Crippen LogP contribution in [0.5, 0.6) is 5.75 Å². The van der Waals surface area contributed by atoms with E-state index in [1.807, 2.05) is 0 Å². The lowest BCUT2D eigenvalue weighted by Crippen LogP contribution is -2.27. The zero-order valence-electron chi connectivity index (χ0n) is 13.9. The van der Waals surface area contributed by atoms with Gasteiger partial charge in [0.1, 0.15) is 10.6 Å². The molecule has 1 aromatic heterocycles.